The third-order valence-corrected chi connectivity index (χ3v) is 5.16. The number of benzene rings is 2. The number of amidine groups is 1. The number of carbonyl (C=O) groups is 1. The average molecular weight is 383 g/mol. The fourth-order valence-corrected chi connectivity index (χ4v) is 3.56. The number of thioether (sulfide) groups is 1. The van der Waals surface area contributed by atoms with E-state index in [4.69, 9.17) is 9.47 Å². The molecule has 1 aliphatic heterocycles. The summed E-state index contributed by atoms with van der Waals surface area (Å²) in [5.41, 5.74) is 1.83. The summed E-state index contributed by atoms with van der Waals surface area (Å²) < 4.78 is 10.5. The van der Waals surface area contributed by atoms with Crippen molar-refractivity contribution in [2.75, 3.05) is 14.2 Å². The van der Waals surface area contributed by atoms with Crippen LogP contribution in [0.5, 0.6) is 11.5 Å². The molecular weight excluding hydrogens is 362 g/mol. The minimum Gasteiger partial charge on any atom is -0.497 e. The lowest BCUT2D eigenvalue weighted by molar-refractivity contribution is -0.126. The summed E-state index contributed by atoms with van der Waals surface area (Å²) in [5, 5.41) is 8.89. The van der Waals surface area contributed by atoms with Crippen LogP contribution in [0, 0.1) is 0 Å². The van der Waals surface area contributed by atoms with Crippen LogP contribution >= 0.6 is 11.8 Å². The van der Waals surface area contributed by atoms with Gasteiger partial charge in [0.05, 0.1) is 32.2 Å². The first-order valence-corrected chi connectivity index (χ1v) is 9.35. The van der Waals surface area contributed by atoms with Crippen LogP contribution in [-0.4, -0.2) is 41.7 Å². The van der Waals surface area contributed by atoms with Crippen molar-refractivity contribution >= 4 is 29.1 Å². The van der Waals surface area contributed by atoms with E-state index in [0.29, 0.717) is 23.2 Å². The van der Waals surface area contributed by atoms with Gasteiger partial charge in [0.25, 0.3) is 0 Å². The van der Waals surface area contributed by atoms with Crippen LogP contribution in [0.3, 0.4) is 0 Å². The first kappa shape index (κ1) is 19.0. The molecule has 1 heterocycles. The van der Waals surface area contributed by atoms with Gasteiger partial charge in [0.2, 0.25) is 5.91 Å². The highest BCUT2D eigenvalue weighted by atomic mass is 32.2. The van der Waals surface area contributed by atoms with E-state index in [0.717, 1.165) is 11.1 Å². The van der Waals surface area contributed by atoms with Crippen molar-refractivity contribution in [3.05, 3.63) is 59.7 Å². The zero-order valence-electron chi connectivity index (χ0n) is 15.5. The van der Waals surface area contributed by atoms with E-state index in [9.17, 15) is 4.79 Å². The number of amides is 1. The second kappa shape index (κ2) is 8.73. The molecule has 6 nitrogen and oxygen atoms in total. The van der Waals surface area contributed by atoms with Crippen LogP contribution in [-0.2, 0) is 11.3 Å². The molecule has 0 aliphatic carbocycles. The van der Waals surface area contributed by atoms with Crippen molar-refractivity contribution in [1.29, 1.82) is 0 Å². The maximum atomic E-state index is 12.5. The molecule has 2 aromatic rings. The van der Waals surface area contributed by atoms with Gasteiger partial charge in [-0.05, 0) is 24.6 Å². The molecule has 0 spiro atoms. The zero-order valence-corrected chi connectivity index (χ0v) is 16.3. The van der Waals surface area contributed by atoms with Gasteiger partial charge in [0.15, 0.2) is 5.17 Å². The highest BCUT2D eigenvalue weighted by molar-refractivity contribution is 8.15. The van der Waals surface area contributed by atoms with Crippen LogP contribution in [0.15, 0.2) is 58.7 Å². The predicted octanol–water partition coefficient (Wildman–Crippen LogP) is 3.56. The Bertz CT molecular complexity index is 868. The van der Waals surface area contributed by atoms with Gasteiger partial charge in [-0.15, -0.1) is 5.10 Å². The van der Waals surface area contributed by atoms with Crippen molar-refractivity contribution in [3.63, 3.8) is 0 Å². The van der Waals surface area contributed by atoms with Crippen molar-refractivity contribution in [2.24, 2.45) is 10.2 Å². The van der Waals surface area contributed by atoms with Gasteiger partial charge in [-0.1, -0.05) is 42.1 Å². The highest BCUT2D eigenvalue weighted by Gasteiger charge is 2.35. The largest absolute Gasteiger partial charge is 0.497 e. The van der Waals surface area contributed by atoms with Crippen LogP contribution < -0.4 is 9.47 Å². The lowest BCUT2D eigenvalue weighted by Gasteiger charge is -2.15. The quantitative estimate of drug-likeness (QED) is 0.565. The predicted molar refractivity (Wildman–Crippen MR) is 109 cm³/mol. The van der Waals surface area contributed by atoms with E-state index < -0.39 is 0 Å². The van der Waals surface area contributed by atoms with Gasteiger partial charge in [-0.3, -0.25) is 9.69 Å². The standard InChI is InChI=1S/C20H21N3O3S/c1-14-19(24)23(13-15-7-5-4-6-8-15)20(27-14)22-21-12-16-9-10-17(25-2)11-18(16)26-3/h4-12,14H,13H2,1-3H3/b21-12-,22-20+/t14-/m0/s1. The van der Waals surface area contributed by atoms with Crippen LogP contribution in [0.25, 0.3) is 0 Å². The number of ether oxygens (including phenoxy) is 2. The lowest BCUT2D eigenvalue weighted by atomic mass is 10.2. The maximum absolute atomic E-state index is 12.5. The molecule has 2 aromatic carbocycles. The number of nitrogens with zero attached hydrogens (tertiary/aromatic N) is 3. The van der Waals surface area contributed by atoms with Crippen molar-refractivity contribution in [1.82, 2.24) is 4.90 Å². The normalized spacial score (nSPS) is 18.5. The molecule has 1 amide bonds. The second-order valence-electron chi connectivity index (χ2n) is 5.91. The molecule has 1 aliphatic rings. The molecule has 0 aromatic heterocycles. The van der Waals surface area contributed by atoms with E-state index in [-0.39, 0.29) is 11.2 Å². The summed E-state index contributed by atoms with van der Waals surface area (Å²) in [4.78, 5) is 14.1. The molecule has 0 radical (unpaired) electrons. The van der Waals surface area contributed by atoms with Gasteiger partial charge in [0, 0.05) is 11.6 Å². The van der Waals surface area contributed by atoms with Crippen LogP contribution in [0.2, 0.25) is 0 Å². The molecule has 27 heavy (non-hydrogen) atoms. The third kappa shape index (κ3) is 4.49. The van der Waals surface area contributed by atoms with Crippen molar-refractivity contribution in [3.8, 4) is 11.5 Å². The van der Waals surface area contributed by atoms with Crippen molar-refractivity contribution in [2.45, 2.75) is 18.7 Å². The fourth-order valence-electron chi connectivity index (χ4n) is 2.64. The highest BCUT2D eigenvalue weighted by Crippen LogP contribution is 2.28. The van der Waals surface area contributed by atoms with Gasteiger partial charge >= 0.3 is 0 Å². The molecule has 140 valence electrons. The molecule has 0 bridgehead atoms. The SMILES string of the molecule is COc1ccc(/C=N\N=C2\S[C@@H](C)C(=O)N2Cc2ccccc2)c(OC)c1. The van der Waals surface area contributed by atoms with Crippen LogP contribution in [0.1, 0.15) is 18.1 Å². The summed E-state index contributed by atoms with van der Waals surface area (Å²) in [5.74, 6) is 1.39. The van der Waals surface area contributed by atoms with Gasteiger partial charge in [-0.2, -0.15) is 5.10 Å². The molecule has 7 heteroatoms. The molecule has 1 atom stereocenters. The Hall–Kier alpha value is -2.80. The minimum atomic E-state index is -0.168. The fraction of sp³-hybridized carbons (Fsp3) is 0.250. The van der Waals surface area contributed by atoms with E-state index in [1.807, 2.05) is 49.4 Å². The van der Waals surface area contributed by atoms with Gasteiger partial charge in [-0.25, -0.2) is 0 Å². The Balaban J connectivity index is 1.80. The molecule has 1 saturated heterocycles. The van der Waals surface area contributed by atoms with E-state index in [1.165, 1.54) is 11.8 Å². The molecule has 0 saturated carbocycles. The van der Waals surface area contributed by atoms with Gasteiger partial charge in [0.1, 0.15) is 11.5 Å². The van der Waals surface area contributed by atoms with Gasteiger partial charge < -0.3 is 9.47 Å². The van der Waals surface area contributed by atoms with E-state index in [2.05, 4.69) is 10.2 Å². The number of rotatable bonds is 6. The minimum absolute atomic E-state index is 0.0415. The monoisotopic (exact) mass is 383 g/mol. The summed E-state index contributed by atoms with van der Waals surface area (Å²) in [7, 11) is 3.19. The Morgan fingerprint density at radius 1 is 1.15 bits per heavy atom. The second-order valence-corrected chi connectivity index (χ2v) is 7.21. The smallest absolute Gasteiger partial charge is 0.242 e. The first-order valence-electron chi connectivity index (χ1n) is 8.47. The topological polar surface area (TPSA) is 63.5 Å². The Kier molecular flexibility index (Phi) is 6.13. The zero-order chi connectivity index (χ0) is 19.2. The Labute approximate surface area is 162 Å². The molecule has 1 fully saturated rings. The van der Waals surface area contributed by atoms with Crippen molar-refractivity contribution < 1.29 is 14.3 Å². The maximum Gasteiger partial charge on any atom is 0.242 e. The van der Waals surface area contributed by atoms with E-state index >= 15 is 0 Å². The Morgan fingerprint density at radius 2 is 1.93 bits per heavy atom. The lowest BCUT2D eigenvalue weighted by Crippen LogP contribution is -2.30. The average Bonchev–Trinajstić information content (AvgIpc) is 2.96. The van der Waals surface area contributed by atoms with E-state index in [1.54, 1.807) is 31.4 Å². The number of methoxy groups -OCH3 is 2. The Morgan fingerprint density at radius 3 is 2.63 bits per heavy atom. The molecule has 0 unspecified atom stereocenters. The third-order valence-electron chi connectivity index (χ3n) is 4.09. The summed E-state index contributed by atoms with van der Waals surface area (Å²) in [6.07, 6.45) is 1.61. The number of hydrogen-bond donors (Lipinski definition) is 0. The van der Waals surface area contributed by atoms with Crippen LogP contribution in [0.4, 0.5) is 0 Å². The molecular formula is C20H21N3O3S. The molecule has 3 rings (SSSR count). The molecule has 0 N–H and O–H groups in total. The summed E-state index contributed by atoms with van der Waals surface area (Å²) in [6.45, 7) is 2.36. The summed E-state index contributed by atoms with van der Waals surface area (Å²) >= 11 is 1.41. The number of hydrogen-bond acceptors (Lipinski definition) is 6. The number of carbonyl (C=O) groups excluding carboxylic acids is 1. The summed E-state index contributed by atoms with van der Waals surface area (Å²) in [6, 6.07) is 15.3. The first-order chi connectivity index (χ1) is 13.1.